The predicted octanol–water partition coefficient (Wildman–Crippen LogP) is 2.64. The first-order chi connectivity index (χ1) is 10.3. The third-order valence-electron chi connectivity index (χ3n) is 3.52. The smallest absolute Gasteiger partial charge is 0.124 e. The number of fused-ring (bicyclic) bond motifs is 1. The number of aromatic nitrogens is 2. The number of nitriles is 1. The molecule has 0 spiro atoms. The van der Waals surface area contributed by atoms with Crippen LogP contribution in [0.3, 0.4) is 0 Å². The molecule has 1 aromatic heterocycles. The minimum Gasteiger partial charge on any atom is -0.392 e. The average molecular weight is 277 g/mol. The van der Waals surface area contributed by atoms with Crippen molar-refractivity contribution in [2.75, 3.05) is 0 Å². The summed E-state index contributed by atoms with van der Waals surface area (Å²) in [6.07, 6.45) is 0.295. The fourth-order valence-electron chi connectivity index (χ4n) is 2.44. The molecular formula is C17H15N3O. The Bertz CT molecular complexity index is 797. The van der Waals surface area contributed by atoms with E-state index in [1.54, 1.807) is 0 Å². The molecule has 0 bridgehead atoms. The van der Waals surface area contributed by atoms with Crippen molar-refractivity contribution in [3.8, 4) is 6.07 Å². The van der Waals surface area contributed by atoms with Gasteiger partial charge in [-0.3, -0.25) is 0 Å². The van der Waals surface area contributed by atoms with Crippen LogP contribution in [-0.2, 0) is 19.6 Å². The third kappa shape index (κ3) is 2.64. The first kappa shape index (κ1) is 13.3. The van der Waals surface area contributed by atoms with Crippen molar-refractivity contribution in [3.05, 3.63) is 65.5 Å². The molecule has 0 radical (unpaired) electrons. The Morgan fingerprint density at radius 3 is 2.48 bits per heavy atom. The molecule has 21 heavy (non-hydrogen) atoms. The topological polar surface area (TPSA) is 61.8 Å². The monoisotopic (exact) mass is 277 g/mol. The van der Waals surface area contributed by atoms with E-state index in [0.29, 0.717) is 13.0 Å². The number of nitrogens with zero attached hydrogens (tertiary/aromatic N) is 3. The Labute approximate surface area is 122 Å². The lowest BCUT2D eigenvalue weighted by Crippen LogP contribution is -2.05. The van der Waals surface area contributed by atoms with Crippen molar-refractivity contribution in [1.29, 1.82) is 5.26 Å². The summed E-state index contributed by atoms with van der Waals surface area (Å²) in [5, 5.41) is 18.1. The zero-order valence-corrected chi connectivity index (χ0v) is 11.5. The number of aliphatic hydroxyl groups excluding tert-OH is 1. The lowest BCUT2D eigenvalue weighted by atomic mass is 10.1. The lowest BCUT2D eigenvalue weighted by Gasteiger charge is -2.08. The maximum atomic E-state index is 9.09. The van der Waals surface area contributed by atoms with Gasteiger partial charge in [-0.2, -0.15) is 5.26 Å². The van der Waals surface area contributed by atoms with Crippen molar-refractivity contribution in [1.82, 2.24) is 9.55 Å². The van der Waals surface area contributed by atoms with E-state index in [1.807, 2.05) is 48.5 Å². The maximum absolute atomic E-state index is 9.09. The Balaban J connectivity index is 2.01. The van der Waals surface area contributed by atoms with Gasteiger partial charge in [-0.25, -0.2) is 4.98 Å². The van der Waals surface area contributed by atoms with Gasteiger partial charge in [0.15, 0.2) is 0 Å². The van der Waals surface area contributed by atoms with Gasteiger partial charge in [0.05, 0.1) is 30.1 Å². The summed E-state index contributed by atoms with van der Waals surface area (Å²) in [5.74, 6) is 0.782. The van der Waals surface area contributed by atoms with Crippen LogP contribution in [0.1, 0.15) is 17.0 Å². The second-order valence-corrected chi connectivity index (χ2v) is 4.91. The van der Waals surface area contributed by atoms with E-state index in [1.165, 1.54) is 0 Å². The van der Waals surface area contributed by atoms with Crippen molar-refractivity contribution in [3.63, 3.8) is 0 Å². The number of hydrogen-bond donors (Lipinski definition) is 1. The molecule has 2 aromatic carbocycles. The normalized spacial score (nSPS) is 10.7. The van der Waals surface area contributed by atoms with Crippen LogP contribution >= 0.6 is 0 Å². The van der Waals surface area contributed by atoms with E-state index in [-0.39, 0.29) is 6.61 Å². The molecule has 0 amide bonds. The van der Waals surface area contributed by atoms with Crippen LogP contribution in [0.2, 0.25) is 0 Å². The summed E-state index contributed by atoms with van der Waals surface area (Å²) in [5.41, 5.74) is 3.96. The summed E-state index contributed by atoms with van der Waals surface area (Å²) < 4.78 is 2.08. The van der Waals surface area contributed by atoms with Gasteiger partial charge in [-0.05, 0) is 23.3 Å². The predicted molar refractivity (Wildman–Crippen MR) is 80.5 cm³/mol. The van der Waals surface area contributed by atoms with Gasteiger partial charge in [-0.15, -0.1) is 0 Å². The van der Waals surface area contributed by atoms with E-state index >= 15 is 0 Å². The van der Waals surface area contributed by atoms with Gasteiger partial charge >= 0.3 is 0 Å². The van der Waals surface area contributed by atoms with E-state index in [9.17, 15) is 0 Å². The molecule has 0 saturated heterocycles. The zero-order chi connectivity index (χ0) is 14.7. The maximum Gasteiger partial charge on any atom is 0.124 e. The second kappa shape index (κ2) is 5.78. The molecule has 0 unspecified atom stereocenters. The second-order valence-electron chi connectivity index (χ2n) is 4.91. The fraction of sp³-hybridized carbons (Fsp3) is 0.176. The Hall–Kier alpha value is -2.64. The molecular weight excluding hydrogens is 262 g/mol. The molecule has 1 heterocycles. The quantitative estimate of drug-likeness (QED) is 0.797. The Morgan fingerprint density at radius 1 is 1.05 bits per heavy atom. The third-order valence-corrected chi connectivity index (χ3v) is 3.52. The summed E-state index contributed by atoms with van der Waals surface area (Å²) in [6.45, 7) is 0.719. The van der Waals surface area contributed by atoms with Crippen LogP contribution in [0, 0.1) is 11.3 Å². The fourth-order valence-corrected chi connectivity index (χ4v) is 2.44. The van der Waals surface area contributed by atoms with Crippen LogP contribution in [0.25, 0.3) is 11.0 Å². The highest BCUT2D eigenvalue weighted by Gasteiger charge is 2.10. The molecule has 1 N–H and O–H groups in total. The van der Waals surface area contributed by atoms with Crippen LogP contribution in [0.15, 0.2) is 48.5 Å². The van der Waals surface area contributed by atoms with Crippen LogP contribution in [-0.4, -0.2) is 14.7 Å². The average Bonchev–Trinajstić information content (AvgIpc) is 2.86. The lowest BCUT2D eigenvalue weighted by molar-refractivity contribution is 0.282. The van der Waals surface area contributed by atoms with Crippen molar-refractivity contribution < 1.29 is 5.11 Å². The molecule has 4 nitrogen and oxygen atoms in total. The Kier molecular flexibility index (Phi) is 3.67. The number of rotatable bonds is 4. The molecule has 0 atom stereocenters. The van der Waals surface area contributed by atoms with Crippen LogP contribution in [0.5, 0.6) is 0 Å². The molecule has 3 rings (SSSR count). The van der Waals surface area contributed by atoms with E-state index in [4.69, 9.17) is 10.4 Å². The highest BCUT2D eigenvalue weighted by molar-refractivity contribution is 5.76. The number of imidazole rings is 1. The van der Waals surface area contributed by atoms with E-state index < -0.39 is 0 Å². The number of hydrogen-bond acceptors (Lipinski definition) is 3. The molecule has 0 fully saturated rings. The van der Waals surface area contributed by atoms with E-state index in [0.717, 1.165) is 28.0 Å². The molecule has 3 aromatic rings. The van der Waals surface area contributed by atoms with Gasteiger partial charge in [0.1, 0.15) is 5.82 Å². The van der Waals surface area contributed by atoms with Crippen molar-refractivity contribution >= 4 is 11.0 Å². The molecule has 0 aliphatic carbocycles. The Morgan fingerprint density at radius 2 is 1.76 bits per heavy atom. The van der Waals surface area contributed by atoms with Crippen LogP contribution in [0.4, 0.5) is 0 Å². The molecule has 104 valence electrons. The first-order valence-corrected chi connectivity index (χ1v) is 6.81. The van der Waals surface area contributed by atoms with Crippen molar-refractivity contribution in [2.24, 2.45) is 0 Å². The van der Waals surface area contributed by atoms with Crippen molar-refractivity contribution in [2.45, 2.75) is 19.6 Å². The van der Waals surface area contributed by atoms with Gasteiger partial charge < -0.3 is 9.67 Å². The largest absolute Gasteiger partial charge is 0.392 e. The molecule has 0 saturated carbocycles. The van der Waals surface area contributed by atoms with Gasteiger partial charge in [0.2, 0.25) is 0 Å². The SMILES string of the molecule is N#CCc1nc2ccccc2n1Cc1ccc(CO)cc1. The minimum absolute atomic E-state index is 0.0496. The van der Waals surface area contributed by atoms with Gasteiger partial charge in [-0.1, -0.05) is 36.4 Å². The van der Waals surface area contributed by atoms with Gasteiger partial charge in [0.25, 0.3) is 0 Å². The molecule has 4 heteroatoms. The first-order valence-electron chi connectivity index (χ1n) is 6.81. The highest BCUT2D eigenvalue weighted by atomic mass is 16.3. The zero-order valence-electron chi connectivity index (χ0n) is 11.5. The number of benzene rings is 2. The number of aliphatic hydroxyl groups is 1. The highest BCUT2D eigenvalue weighted by Crippen LogP contribution is 2.18. The standard InChI is InChI=1S/C17H15N3O/c18-10-9-17-19-15-3-1-2-4-16(15)20(17)11-13-5-7-14(12-21)8-6-13/h1-8,21H,9,11-12H2. The van der Waals surface area contributed by atoms with E-state index in [2.05, 4.69) is 15.6 Å². The summed E-state index contributed by atoms with van der Waals surface area (Å²) in [6, 6.07) is 17.9. The summed E-state index contributed by atoms with van der Waals surface area (Å²) in [7, 11) is 0. The summed E-state index contributed by atoms with van der Waals surface area (Å²) in [4.78, 5) is 4.53. The molecule has 0 aliphatic heterocycles. The summed E-state index contributed by atoms with van der Waals surface area (Å²) >= 11 is 0. The van der Waals surface area contributed by atoms with Gasteiger partial charge in [0, 0.05) is 6.54 Å². The molecule has 0 aliphatic rings. The number of para-hydroxylation sites is 2. The van der Waals surface area contributed by atoms with Crippen LogP contribution < -0.4 is 0 Å². The minimum atomic E-state index is 0.0496.